The lowest BCUT2D eigenvalue weighted by atomic mass is 9.96. The zero-order valence-electron chi connectivity index (χ0n) is 11.5. The molecule has 0 spiro atoms. The normalized spacial score (nSPS) is 21.7. The van der Waals surface area contributed by atoms with Crippen LogP contribution in [0.2, 0.25) is 0 Å². The number of aryl methyl sites for hydroxylation is 1. The van der Waals surface area contributed by atoms with Crippen molar-refractivity contribution in [2.75, 3.05) is 18.4 Å². The first-order valence-electron chi connectivity index (χ1n) is 6.32. The number of hydrogen-bond acceptors (Lipinski definition) is 4. The number of amides is 2. The largest absolute Gasteiger partial charge is 0.481 e. The van der Waals surface area contributed by atoms with Gasteiger partial charge >= 0.3 is 18.2 Å². The van der Waals surface area contributed by atoms with Crippen molar-refractivity contribution in [3.05, 3.63) is 18.2 Å². The van der Waals surface area contributed by atoms with Gasteiger partial charge in [-0.1, -0.05) is 0 Å². The predicted octanol–water partition coefficient (Wildman–Crippen LogP) is 1.51. The lowest BCUT2D eigenvalue weighted by Gasteiger charge is -2.18. The van der Waals surface area contributed by atoms with E-state index in [1.165, 1.54) is 12.4 Å². The molecule has 1 fully saturated rings. The minimum atomic E-state index is -4.68. The molecule has 120 valence electrons. The lowest BCUT2D eigenvalue weighted by Crippen LogP contribution is -2.35. The summed E-state index contributed by atoms with van der Waals surface area (Å²) in [5.74, 6) is -4.84. The van der Waals surface area contributed by atoms with Crippen molar-refractivity contribution < 1.29 is 27.9 Å². The maximum absolute atomic E-state index is 12.8. The Balaban J connectivity index is 2.08. The van der Waals surface area contributed by atoms with Gasteiger partial charge in [-0.15, -0.1) is 0 Å². The number of carbonyl (C=O) groups is 2. The Labute approximate surface area is 123 Å². The van der Waals surface area contributed by atoms with Crippen LogP contribution in [-0.2, 0) is 4.79 Å². The first-order chi connectivity index (χ1) is 10.2. The average molecular weight is 318 g/mol. The molecule has 0 aromatic carbocycles. The minimum absolute atomic E-state index is 0.220. The summed E-state index contributed by atoms with van der Waals surface area (Å²) in [6, 6.07) is -0.814. The van der Waals surface area contributed by atoms with Crippen molar-refractivity contribution in [1.82, 2.24) is 14.9 Å². The summed E-state index contributed by atoms with van der Waals surface area (Å²) in [6.45, 7) is 0.439. The molecule has 0 aliphatic carbocycles. The molecule has 0 unspecified atom stereocenters. The number of likely N-dealkylation sites (tertiary alicyclic amines) is 1. The lowest BCUT2D eigenvalue weighted by molar-refractivity contribution is -0.187. The van der Waals surface area contributed by atoms with Gasteiger partial charge in [0.05, 0.1) is 29.9 Å². The Morgan fingerprint density at radius 2 is 1.91 bits per heavy atom. The van der Waals surface area contributed by atoms with Gasteiger partial charge in [-0.25, -0.2) is 14.8 Å². The summed E-state index contributed by atoms with van der Waals surface area (Å²) in [5.41, 5.74) is 0.220. The molecule has 1 saturated heterocycles. The molecule has 2 rings (SSSR count). The quantitative estimate of drug-likeness (QED) is 0.862. The van der Waals surface area contributed by atoms with E-state index in [1.54, 1.807) is 6.92 Å². The minimum Gasteiger partial charge on any atom is -0.481 e. The van der Waals surface area contributed by atoms with E-state index in [-0.39, 0.29) is 5.69 Å². The molecule has 22 heavy (non-hydrogen) atoms. The molecular weight excluding hydrogens is 305 g/mol. The molecule has 0 bridgehead atoms. The number of carboxylic acids is 1. The van der Waals surface area contributed by atoms with Gasteiger partial charge < -0.3 is 15.3 Å². The summed E-state index contributed by atoms with van der Waals surface area (Å²) < 4.78 is 38.5. The number of rotatable bonds is 2. The molecule has 2 atom stereocenters. The standard InChI is InChI=1S/C12H13F3N4O3/c1-6-16-2-7(3-17-6)18-11(22)19-4-8(10(20)21)9(5-19)12(13,14)15/h2-3,8-9H,4-5H2,1H3,(H,18,22)(H,20,21)/t8-,9-/m1/s1. The third-order valence-electron chi connectivity index (χ3n) is 3.38. The molecule has 1 aromatic heterocycles. The highest BCUT2D eigenvalue weighted by Crippen LogP contribution is 2.37. The van der Waals surface area contributed by atoms with Crippen LogP contribution in [0.25, 0.3) is 0 Å². The first-order valence-corrected chi connectivity index (χ1v) is 6.32. The number of aromatic nitrogens is 2. The van der Waals surface area contributed by atoms with Gasteiger partial charge in [0.25, 0.3) is 0 Å². The predicted molar refractivity (Wildman–Crippen MR) is 68.0 cm³/mol. The fraction of sp³-hybridized carbons (Fsp3) is 0.500. The summed E-state index contributed by atoms with van der Waals surface area (Å²) in [5, 5.41) is 11.2. The number of nitrogens with one attached hydrogen (secondary N) is 1. The van der Waals surface area contributed by atoms with Crippen molar-refractivity contribution >= 4 is 17.7 Å². The summed E-state index contributed by atoms with van der Waals surface area (Å²) in [4.78, 5) is 31.4. The second-order valence-electron chi connectivity index (χ2n) is 4.95. The molecule has 10 heteroatoms. The fourth-order valence-corrected chi connectivity index (χ4v) is 2.21. The Morgan fingerprint density at radius 1 is 1.32 bits per heavy atom. The summed E-state index contributed by atoms with van der Waals surface area (Å²) in [7, 11) is 0. The van der Waals surface area contributed by atoms with Gasteiger partial charge in [-0.05, 0) is 6.92 Å². The van der Waals surface area contributed by atoms with E-state index in [9.17, 15) is 22.8 Å². The number of carboxylic acid groups (broad SMARTS) is 1. The number of halogens is 3. The highest BCUT2D eigenvalue weighted by atomic mass is 19.4. The van der Waals surface area contributed by atoms with Gasteiger partial charge in [-0.3, -0.25) is 4.79 Å². The van der Waals surface area contributed by atoms with Crippen LogP contribution in [-0.4, -0.2) is 51.2 Å². The monoisotopic (exact) mass is 318 g/mol. The second kappa shape index (κ2) is 5.78. The van der Waals surface area contributed by atoms with Crippen LogP contribution in [0.1, 0.15) is 5.82 Å². The molecule has 1 aromatic rings. The highest BCUT2D eigenvalue weighted by molar-refractivity contribution is 5.89. The van der Waals surface area contributed by atoms with Crippen molar-refractivity contribution in [2.24, 2.45) is 11.8 Å². The molecule has 0 saturated carbocycles. The zero-order chi connectivity index (χ0) is 16.5. The molecule has 2 heterocycles. The van der Waals surface area contributed by atoms with Gasteiger partial charge in [0.15, 0.2) is 0 Å². The first kappa shape index (κ1) is 16.0. The number of carbonyl (C=O) groups excluding carboxylic acids is 1. The maximum atomic E-state index is 12.8. The van der Waals surface area contributed by atoms with Crippen LogP contribution >= 0.6 is 0 Å². The Kier molecular flexibility index (Phi) is 4.20. The molecule has 1 aliphatic heterocycles. The van der Waals surface area contributed by atoms with Gasteiger partial charge in [0.2, 0.25) is 0 Å². The van der Waals surface area contributed by atoms with Crippen LogP contribution in [0.5, 0.6) is 0 Å². The number of anilines is 1. The summed E-state index contributed by atoms with van der Waals surface area (Å²) >= 11 is 0. The van der Waals surface area contributed by atoms with Crippen molar-refractivity contribution in [1.29, 1.82) is 0 Å². The topological polar surface area (TPSA) is 95.4 Å². The number of urea groups is 1. The SMILES string of the molecule is Cc1ncc(NC(=O)N2C[C@@H](C(F)(F)F)[C@H](C(=O)O)C2)cn1. The maximum Gasteiger partial charge on any atom is 0.394 e. The fourth-order valence-electron chi connectivity index (χ4n) is 2.21. The smallest absolute Gasteiger partial charge is 0.394 e. The van der Waals surface area contributed by atoms with Gasteiger partial charge in [-0.2, -0.15) is 13.2 Å². The third-order valence-corrected chi connectivity index (χ3v) is 3.38. The van der Waals surface area contributed by atoms with E-state index in [2.05, 4.69) is 15.3 Å². The van der Waals surface area contributed by atoms with Crippen LogP contribution in [0.4, 0.5) is 23.7 Å². The van der Waals surface area contributed by atoms with E-state index >= 15 is 0 Å². The van der Waals surface area contributed by atoms with Crippen molar-refractivity contribution in [3.8, 4) is 0 Å². The van der Waals surface area contributed by atoms with Gasteiger partial charge in [0, 0.05) is 13.1 Å². The third kappa shape index (κ3) is 3.43. The summed E-state index contributed by atoms with van der Waals surface area (Å²) in [6.07, 6.45) is -2.05. The average Bonchev–Trinajstić information content (AvgIpc) is 2.86. The Morgan fingerprint density at radius 3 is 2.36 bits per heavy atom. The van der Waals surface area contributed by atoms with E-state index in [4.69, 9.17) is 5.11 Å². The van der Waals surface area contributed by atoms with E-state index in [1.807, 2.05) is 0 Å². The van der Waals surface area contributed by atoms with E-state index in [0.29, 0.717) is 5.82 Å². The van der Waals surface area contributed by atoms with Crippen LogP contribution < -0.4 is 5.32 Å². The van der Waals surface area contributed by atoms with Crippen LogP contribution in [0.3, 0.4) is 0 Å². The van der Waals surface area contributed by atoms with Gasteiger partial charge in [0.1, 0.15) is 5.82 Å². The molecule has 1 aliphatic rings. The molecule has 2 N–H and O–H groups in total. The van der Waals surface area contributed by atoms with E-state index in [0.717, 1.165) is 4.90 Å². The molecular formula is C12H13F3N4O3. The van der Waals surface area contributed by atoms with Crippen LogP contribution in [0, 0.1) is 18.8 Å². The number of aliphatic carboxylic acids is 1. The Bertz CT molecular complexity index is 576. The number of alkyl halides is 3. The molecule has 2 amide bonds. The van der Waals surface area contributed by atoms with Crippen molar-refractivity contribution in [2.45, 2.75) is 13.1 Å². The number of hydrogen-bond donors (Lipinski definition) is 2. The highest BCUT2D eigenvalue weighted by Gasteiger charge is 2.53. The van der Waals surface area contributed by atoms with Crippen molar-refractivity contribution in [3.63, 3.8) is 0 Å². The molecule has 0 radical (unpaired) electrons. The Hall–Kier alpha value is -2.39. The molecule has 7 nitrogen and oxygen atoms in total. The second-order valence-corrected chi connectivity index (χ2v) is 4.95. The van der Waals surface area contributed by atoms with E-state index < -0.39 is 43.1 Å². The number of nitrogens with zero attached hydrogens (tertiary/aromatic N) is 3. The zero-order valence-corrected chi connectivity index (χ0v) is 11.5. The van der Waals surface area contributed by atoms with Crippen LogP contribution in [0.15, 0.2) is 12.4 Å².